The summed E-state index contributed by atoms with van der Waals surface area (Å²) in [6.45, 7) is 2.93. The highest BCUT2D eigenvalue weighted by Gasteiger charge is 2.10. The van der Waals surface area contributed by atoms with Gasteiger partial charge in [0, 0.05) is 24.0 Å². The molecular formula is C10H12N2. The third kappa shape index (κ3) is 0.961. The average Bonchev–Trinajstić information content (AvgIpc) is 2.07. The second kappa shape index (κ2) is 2.55. The second-order valence-corrected chi connectivity index (χ2v) is 3.08. The Balaban J connectivity index is 2.62. The predicted octanol–water partition coefficient (Wildman–Crippen LogP) is 1.73. The van der Waals surface area contributed by atoms with E-state index in [-0.39, 0.29) is 0 Å². The zero-order valence-corrected chi connectivity index (χ0v) is 7.09. The first-order valence-electron chi connectivity index (χ1n) is 4.07. The van der Waals surface area contributed by atoms with E-state index in [1.54, 1.807) is 0 Å². The molecule has 0 amide bonds. The van der Waals surface area contributed by atoms with Crippen molar-refractivity contribution in [1.29, 1.82) is 0 Å². The molecule has 0 fully saturated rings. The molecule has 1 aromatic carbocycles. The summed E-state index contributed by atoms with van der Waals surface area (Å²) in [7, 11) is 0. The Labute approximate surface area is 72.1 Å². The van der Waals surface area contributed by atoms with Gasteiger partial charge in [-0.05, 0) is 24.1 Å². The van der Waals surface area contributed by atoms with Gasteiger partial charge >= 0.3 is 0 Å². The van der Waals surface area contributed by atoms with Gasteiger partial charge in [-0.3, -0.25) is 0 Å². The van der Waals surface area contributed by atoms with Crippen LogP contribution in [0.2, 0.25) is 0 Å². The Bertz CT molecular complexity index is 340. The summed E-state index contributed by atoms with van der Waals surface area (Å²) in [6, 6.07) is 6.05. The summed E-state index contributed by atoms with van der Waals surface area (Å²) in [5.74, 6) is 0. The standard InChI is InChI=1S/C10H12N2/c1-7-5-12-6-9-8(7)3-2-4-10(9)11/h2-5,12H,6,11H2,1H3. The van der Waals surface area contributed by atoms with E-state index in [9.17, 15) is 0 Å². The number of anilines is 1. The topological polar surface area (TPSA) is 38.0 Å². The van der Waals surface area contributed by atoms with Crippen LogP contribution in [0.4, 0.5) is 5.69 Å². The van der Waals surface area contributed by atoms with E-state index in [1.165, 1.54) is 16.7 Å². The molecule has 0 atom stereocenters. The molecular weight excluding hydrogens is 148 g/mol. The van der Waals surface area contributed by atoms with Crippen molar-refractivity contribution in [2.75, 3.05) is 5.73 Å². The minimum atomic E-state index is 0.847. The lowest BCUT2D eigenvalue weighted by atomic mass is 9.98. The van der Waals surface area contributed by atoms with Crippen molar-refractivity contribution in [2.24, 2.45) is 0 Å². The van der Waals surface area contributed by atoms with E-state index < -0.39 is 0 Å². The molecule has 2 heteroatoms. The number of hydrogen-bond acceptors (Lipinski definition) is 2. The summed E-state index contributed by atoms with van der Waals surface area (Å²) in [5, 5.41) is 3.19. The minimum Gasteiger partial charge on any atom is -0.398 e. The van der Waals surface area contributed by atoms with Crippen molar-refractivity contribution in [3.63, 3.8) is 0 Å². The van der Waals surface area contributed by atoms with E-state index in [1.807, 2.05) is 18.3 Å². The van der Waals surface area contributed by atoms with Crippen LogP contribution in [0.5, 0.6) is 0 Å². The molecule has 0 aromatic heterocycles. The van der Waals surface area contributed by atoms with Gasteiger partial charge in [0.2, 0.25) is 0 Å². The fourth-order valence-electron chi connectivity index (χ4n) is 1.56. The summed E-state index contributed by atoms with van der Waals surface area (Å²) < 4.78 is 0. The lowest BCUT2D eigenvalue weighted by Gasteiger charge is -2.17. The lowest BCUT2D eigenvalue weighted by molar-refractivity contribution is 0.854. The maximum absolute atomic E-state index is 5.84. The smallest absolute Gasteiger partial charge is 0.0421 e. The van der Waals surface area contributed by atoms with Crippen molar-refractivity contribution < 1.29 is 0 Å². The highest BCUT2D eigenvalue weighted by molar-refractivity contribution is 5.72. The number of nitrogens with one attached hydrogen (secondary N) is 1. The molecule has 1 aromatic rings. The van der Waals surface area contributed by atoms with Crippen LogP contribution in [0, 0.1) is 0 Å². The number of nitrogen functional groups attached to an aromatic ring is 1. The fourth-order valence-corrected chi connectivity index (χ4v) is 1.56. The zero-order valence-electron chi connectivity index (χ0n) is 7.09. The first-order valence-corrected chi connectivity index (χ1v) is 4.07. The number of allylic oxidation sites excluding steroid dienone is 1. The van der Waals surface area contributed by atoms with Crippen molar-refractivity contribution in [1.82, 2.24) is 5.32 Å². The monoisotopic (exact) mass is 160 g/mol. The minimum absolute atomic E-state index is 0.847. The van der Waals surface area contributed by atoms with Crippen LogP contribution in [0.15, 0.2) is 24.4 Å². The van der Waals surface area contributed by atoms with Gasteiger partial charge in [-0.15, -0.1) is 0 Å². The summed E-state index contributed by atoms with van der Waals surface area (Å²) >= 11 is 0. The van der Waals surface area contributed by atoms with Crippen LogP contribution in [0.1, 0.15) is 18.1 Å². The van der Waals surface area contributed by atoms with Crippen LogP contribution >= 0.6 is 0 Å². The maximum Gasteiger partial charge on any atom is 0.0421 e. The van der Waals surface area contributed by atoms with Crippen molar-refractivity contribution in [2.45, 2.75) is 13.5 Å². The van der Waals surface area contributed by atoms with Gasteiger partial charge in [-0.25, -0.2) is 0 Å². The van der Waals surface area contributed by atoms with E-state index in [2.05, 4.69) is 18.3 Å². The molecule has 0 saturated carbocycles. The Morgan fingerprint density at radius 1 is 1.42 bits per heavy atom. The largest absolute Gasteiger partial charge is 0.398 e. The van der Waals surface area contributed by atoms with Gasteiger partial charge in [-0.2, -0.15) is 0 Å². The number of benzene rings is 1. The quantitative estimate of drug-likeness (QED) is 0.567. The van der Waals surface area contributed by atoms with Crippen LogP contribution < -0.4 is 11.1 Å². The molecule has 0 spiro atoms. The zero-order chi connectivity index (χ0) is 8.55. The van der Waals surface area contributed by atoms with E-state index >= 15 is 0 Å². The number of rotatable bonds is 0. The van der Waals surface area contributed by atoms with E-state index in [0.717, 1.165) is 12.2 Å². The summed E-state index contributed by atoms with van der Waals surface area (Å²) in [5.41, 5.74) is 10.5. The van der Waals surface area contributed by atoms with Gasteiger partial charge in [0.25, 0.3) is 0 Å². The third-order valence-electron chi connectivity index (χ3n) is 2.23. The number of hydrogen-bond donors (Lipinski definition) is 2. The molecule has 62 valence electrons. The molecule has 12 heavy (non-hydrogen) atoms. The fraction of sp³-hybridized carbons (Fsp3) is 0.200. The van der Waals surface area contributed by atoms with Crippen LogP contribution in [0.25, 0.3) is 5.57 Å². The molecule has 3 N–H and O–H groups in total. The maximum atomic E-state index is 5.84. The van der Waals surface area contributed by atoms with Crippen LogP contribution in [-0.4, -0.2) is 0 Å². The Kier molecular flexibility index (Phi) is 1.54. The van der Waals surface area contributed by atoms with Crippen molar-refractivity contribution in [3.05, 3.63) is 35.5 Å². The van der Waals surface area contributed by atoms with Crippen LogP contribution in [0.3, 0.4) is 0 Å². The Morgan fingerprint density at radius 3 is 3.00 bits per heavy atom. The van der Waals surface area contributed by atoms with Crippen LogP contribution in [-0.2, 0) is 6.54 Å². The Hall–Kier alpha value is -1.44. The molecule has 0 bridgehead atoms. The molecule has 1 heterocycles. The molecule has 0 unspecified atom stereocenters. The predicted molar refractivity (Wildman–Crippen MR) is 51.3 cm³/mol. The van der Waals surface area contributed by atoms with Gasteiger partial charge in [0.15, 0.2) is 0 Å². The van der Waals surface area contributed by atoms with Gasteiger partial charge in [0.05, 0.1) is 0 Å². The third-order valence-corrected chi connectivity index (χ3v) is 2.23. The summed E-state index contributed by atoms with van der Waals surface area (Å²) in [4.78, 5) is 0. The highest BCUT2D eigenvalue weighted by Crippen LogP contribution is 2.25. The van der Waals surface area contributed by atoms with E-state index in [4.69, 9.17) is 5.73 Å². The van der Waals surface area contributed by atoms with Crippen molar-refractivity contribution >= 4 is 11.3 Å². The Morgan fingerprint density at radius 2 is 2.25 bits per heavy atom. The van der Waals surface area contributed by atoms with Gasteiger partial charge < -0.3 is 11.1 Å². The average molecular weight is 160 g/mol. The molecule has 1 aliphatic heterocycles. The molecule has 2 nitrogen and oxygen atoms in total. The molecule has 2 rings (SSSR count). The first kappa shape index (κ1) is 7.22. The second-order valence-electron chi connectivity index (χ2n) is 3.08. The first-order chi connectivity index (χ1) is 5.79. The summed E-state index contributed by atoms with van der Waals surface area (Å²) in [6.07, 6.45) is 2.03. The number of nitrogens with two attached hydrogens (primary N) is 1. The van der Waals surface area contributed by atoms with Crippen molar-refractivity contribution in [3.8, 4) is 0 Å². The van der Waals surface area contributed by atoms with Gasteiger partial charge in [-0.1, -0.05) is 12.1 Å². The van der Waals surface area contributed by atoms with Gasteiger partial charge in [0.1, 0.15) is 0 Å². The molecule has 0 radical (unpaired) electrons. The SMILES string of the molecule is CC1=CNCc2c(N)cccc21. The normalized spacial score (nSPS) is 14.6. The molecule has 0 aliphatic carbocycles. The molecule has 0 saturated heterocycles. The highest BCUT2D eigenvalue weighted by atomic mass is 14.8. The molecule has 1 aliphatic rings. The van der Waals surface area contributed by atoms with E-state index in [0.29, 0.717) is 0 Å². The lowest BCUT2D eigenvalue weighted by Crippen LogP contribution is -2.14. The number of fused-ring (bicyclic) bond motifs is 1.